The summed E-state index contributed by atoms with van der Waals surface area (Å²) in [4.78, 5) is 27.1. The van der Waals surface area contributed by atoms with E-state index in [9.17, 15) is 4.79 Å². The van der Waals surface area contributed by atoms with Gasteiger partial charge in [0.15, 0.2) is 11.5 Å². The third kappa shape index (κ3) is 4.33. The quantitative estimate of drug-likeness (QED) is 0.330. The topological polar surface area (TPSA) is 117 Å². The second-order valence-corrected chi connectivity index (χ2v) is 8.99. The van der Waals surface area contributed by atoms with Crippen molar-refractivity contribution >= 4 is 33.6 Å². The van der Waals surface area contributed by atoms with E-state index >= 15 is 0 Å². The Morgan fingerprint density at radius 2 is 2.05 bits per heavy atom. The molecule has 6 rings (SSSR count). The molecule has 11 nitrogen and oxygen atoms in total. The van der Waals surface area contributed by atoms with Gasteiger partial charge in [-0.1, -0.05) is 12.1 Å². The van der Waals surface area contributed by atoms with Gasteiger partial charge in [0, 0.05) is 30.4 Å². The smallest absolute Gasteiger partial charge is 0.278 e. The molecule has 11 heteroatoms. The van der Waals surface area contributed by atoms with Gasteiger partial charge in [-0.3, -0.25) is 9.48 Å². The molecule has 0 saturated carbocycles. The summed E-state index contributed by atoms with van der Waals surface area (Å²) in [5.74, 6) is 1.41. The average Bonchev–Trinajstić information content (AvgIpc) is 3.41. The Hall–Kier alpha value is -4.51. The van der Waals surface area contributed by atoms with E-state index < -0.39 is 0 Å². The van der Waals surface area contributed by atoms with Crippen LogP contribution in [0.15, 0.2) is 66.2 Å². The number of ether oxygens (including phenoxy) is 1. The van der Waals surface area contributed by atoms with Crippen molar-refractivity contribution in [1.82, 2.24) is 39.4 Å². The molecule has 5 aromatic rings. The van der Waals surface area contributed by atoms with E-state index in [0.29, 0.717) is 28.7 Å². The van der Waals surface area contributed by atoms with E-state index in [1.807, 2.05) is 54.3 Å². The molecular weight excluding hydrogens is 470 g/mol. The number of nitrogens with zero attached hydrogens (tertiary/aromatic N) is 7. The summed E-state index contributed by atoms with van der Waals surface area (Å²) in [5, 5.41) is 12.3. The van der Waals surface area contributed by atoms with Crippen molar-refractivity contribution < 1.29 is 4.74 Å². The Bertz CT molecular complexity index is 1660. The average molecular weight is 498 g/mol. The number of hydrogen-bond donors (Lipinski definition) is 2. The molecule has 1 aromatic carbocycles. The van der Waals surface area contributed by atoms with E-state index in [-0.39, 0.29) is 18.2 Å². The zero-order valence-electron chi connectivity index (χ0n) is 20.5. The predicted octanol–water partition coefficient (Wildman–Crippen LogP) is 2.92. The number of aryl methyl sites for hydroxylation is 1. The van der Waals surface area contributed by atoms with Gasteiger partial charge in [0.1, 0.15) is 11.5 Å². The Labute approximate surface area is 212 Å². The van der Waals surface area contributed by atoms with Crippen LogP contribution in [0.1, 0.15) is 12.8 Å². The lowest BCUT2D eigenvalue weighted by atomic mass is 10.1. The van der Waals surface area contributed by atoms with Crippen LogP contribution >= 0.6 is 0 Å². The van der Waals surface area contributed by atoms with E-state index in [2.05, 4.69) is 27.3 Å². The first kappa shape index (κ1) is 22.9. The lowest BCUT2D eigenvalue weighted by Gasteiger charge is -2.23. The summed E-state index contributed by atoms with van der Waals surface area (Å²) >= 11 is 0. The van der Waals surface area contributed by atoms with Gasteiger partial charge in [0.25, 0.3) is 5.56 Å². The number of pyridine rings is 1. The zero-order valence-corrected chi connectivity index (χ0v) is 20.5. The molecule has 5 heterocycles. The van der Waals surface area contributed by atoms with Crippen molar-refractivity contribution in [2.45, 2.75) is 25.5 Å². The summed E-state index contributed by atoms with van der Waals surface area (Å²) < 4.78 is 11.2. The van der Waals surface area contributed by atoms with E-state index in [1.54, 1.807) is 21.6 Å². The SMILES string of the molecule is C=CCn1c(=O)c2cnc(Nc3ccc4c(cnn4C)c3)nc2n1-c1cccc(OC2CCNCC2)n1. The fraction of sp³-hybridized carbons (Fsp3) is 0.269. The van der Waals surface area contributed by atoms with Gasteiger partial charge in [-0.2, -0.15) is 15.1 Å². The van der Waals surface area contributed by atoms with Crippen LogP contribution in [0.3, 0.4) is 0 Å². The van der Waals surface area contributed by atoms with Crippen LogP contribution in [0.2, 0.25) is 0 Å². The van der Waals surface area contributed by atoms with Crippen LogP contribution in [0.25, 0.3) is 27.8 Å². The molecule has 1 aliphatic heterocycles. The van der Waals surface area contributed by atoms with Crippen LogP contribution in [0, 0.1) is 0 Å². The van der Waals surface area contributed by atoms with Gasteiger partial charge in [-0.25, -0.2) is 14.3 Å². The van der Waals surface area contributed by atoms with Gasteiger partial charge in [-0.15, -0.1) is 6.58 Å². The molecule has 0 amide bonds. The summed E-state index contributed by atoms with van der Waals surface area (Å²) in [6, 6.07) is 11.4. The number of anilines is 2. The lowest BCUT2D eigenvalue weighted by molar-refractivity contribution is 0.156. The molecule has 0 bridgehead atoms. The molecule has 0 aliphatic carbocycles. The minimum absolute atomic E-state index is 0.107. The van der Waals surface area contributed by atoms with E-state index in [4.69, 9.17) is 14.7 Å². The largest absolute Gasteiger partial charge is 0.474 e. The number of rotatable bonds is 7. The molecule has 1 aliphatic rings. The Balaban J connectivity index is 1.40. The van der Waals surface area contributed by atoms with Crippen molar-refractivity contribution in [2.75, 3.05) is 18.4 Å². The normalized spacial score (nSPS) is 14.3. The number of benzene rings is 1. The first-order valence-corrected chi connectivity index (χ1v) is 12.2. The first-order chi connectivity index (χ1) is 18.1. The van der Waals surface area contributed by atoms with Crippen molar-refractivity contribution in [3.63, 3.8) is 0 Å². The number of nitrogens with one attached hydrogen (secondary N) is 2. The predicted molar refractivity (Wildman–Crippen MR) is 142 cm³/mol. The van der Waals surface area contributed by atoms with Crippen LogP contribution < -0.4 is 20.9 Å². The number of aromatic nitrogens is 7. The van der Waals surface area contributed by atoms with Crippen molar-refractivity contribution in [1.29, 1.82) is 0 Å². The summed E-state index contributed by atoms with van der Waals surface area (Å²) in [5.41, 5.74) is 2.06. The Morgan fingerprint density at radius 3 is 2.89 bits per heavy atom. The molecule has 37 heavy (non-hydrogen) atoms. The van der Waals surface area contributed by atoms with Gasteiger partial charge in [0.05, 0.1) is 18.3 Å². The van der Waals surface area contributed by atoms with E-state index in [1.165, 1.54) is 0 Å². The maximum absolute atomic E-state index is 13.3. The molecule has 1 saturated heterocycles. The van der Waals surface area contributed by atoms with Gasteiger partial charge >= 0.3 is 0 Å². The molecule has 188 valence electrons. The summed E-state index contributed by atoms with van der Waals surface area (Å²) in [6.45, 7) is 5.95. The lowest BCUT2D eigenvalue weighted by Crippen LogP contribution is -2.34. The zero-order chi connectivity index (χ0) is 25.4. The second-order valence-electron chi connectivity index (χ2n) is 8.99. The number of allylic oxidation sites excluding steroid dienone is 1. The van der Waals surface area contributed by atoms with Crippen LogP contribution in [0.5, 0.6) is 5.88 Å². The molecule has 2 N–H and O–H groups in total. The van der Waals surface area contributed by atoms with Gasteiger partial charge in [0.2, 0.25) is 11.8 Å². The van der Waals surface area contributed by atoms with E-state index in [0.717, 1.165) is 42.5 Å². The highest BCUT2D eigenvalue weighted by atomic mass is 16.5. The number of fused-ring (bicyclic) bond motifs is 2. The molecular formula is C26H27N9O2. The highest BCUT2D eigenvalue weighted by Gasteiger charge is 2.20. The Morgan fingerprint density at radius 1 is 1.19 bits per heavy atom. The van der Waals surface area contributed by atoms with Crippen LogP contribution in [-0.4, -0.2) is 53.3 Å². The molecule has 0 radical (unpaired) electrons. The highest BCUT2D eigenvalue weighted by molar-refractivity contribution is 5.83. The van der Waals surface area contributed by atoms with Gasteiger partial charge in [-0.05, 0) is 50.2 Å². The number of piperidine rings is 1. The van der Waals surface area contributed by atoms with Crippen molar-refractivity contribution in [3.05, 3.63) is 71.8 Å². The summed E-state index contributed by atoms with van der Waals surface area (Å²) in [6.07, 6.45) is 6.97. The maximum Gasteiger partial charge on any atom is 0.278 e. The minimum Gasteiger partial charge on any atom is -0.474 e. The van der Waals surface area contributed by atoms with Crippen molar-refractivity contribution in [3.8, 4) is 11.7 Å². The van der Waals surface area contributed by atoms with Crippen LogP contribution in [-0.2, 0) is 13.6 Å². The summed E-state index contributed by atoms with van der Waals surface area (Å²) in [7, 11) is 1.90. The molecule has 0 atom stereocenters. The monoisotopic (exact) mass is 497 g/mol. The standard InChI is InChI=1S/C26H27N9O2/c1-3-13-34-25(36)20-16-28-26(30-18-7-8-21-17(14-18)15-29-33(21)2)32-24(20)35(34)22-5-4-6-23(31-22)37-19-9-11-27-12-10-19/h3-8,14-16,19,27H,1,9-13H2,2H3,(H,28,30,32). The third-order valence-corrected chi connectivity index (χ3v) is 6.48. The molecule has 1 fully saturated rings. The Kier molecular flexibility index (Phi) is 5.89. The molecule has 4 aromatic heterocycles. The second kappa shape index (κ2) is 9.51. The molecule has 0 spiro atoms. The number of hydrogen-bond acceptors (Lipinski definition) is 8. The highest BCUT2D eigenvalue weighted by Crippen LogP contribution is 2.23. The maximum atomic E-state index is 13.3. The first-order valence-electron chi connectivity index (χ1n) is 12.2. The third-order valence-electron chi connectivity index (χ3n) is 6.48. The fourth-order valence-electron chi connectivity index (χ4n) is 4.65. The minimum atomic E-state index is -0.218. The molecule has 0 unspecified atom stereocenters. The van der Waals surface area contributed by atoms with Gasteiger partial charge < -0.3 is 15.4 Å². The van der Waals surface area contributed by atoms with Crippen LogP contribution in [0.4, 0.5) is 11.6 Å². The van der Waals surface area contributed by atoms with Crippen molar-refractivity contribution in [2.24, 2.45) is 7.05 Å². The fourth-order valence-corrected chi connectivity index (χ4v) is 4.65.